The third-order valence-electron chi connectivity index (χ3n) is 4.69. The fraction of sp³-hybridized carbons (Fsp3) is 0.0833. The zero-order chi connectivity index (χ0) is 22.0. The third kappa shape index (κ3) is 4.11. The summed E-state index contributed by atoms with van der Waals surface area (Å²) in [7, 11) is 3.04. The molecule has 3 aromatic carbocycles. The van der Waals surface area contributed by atoms with Gasteiger partial charge < -0.3 is 18.6 Å². The van der Waals surface area contributed by atoms with E-state index in [4.69, 9.17) is 18.6 Å². The molecule has 0 N–H and O–H groups in total. The minimum atomic E-state index is -0.653. The summed E-state index contributed by atoms with van der Waals surface area (Å²) in [4.78, 5) is 24.9. The van der Waals surface area contributed by atoms with Gasteiger partial charge in [0, 0.05) is 17.0 Å². The van der Waals surface area contributed by atoms with Crippen LogP contribution in [0.15, 0.2) is 75.9 Å². The molecule has 0 aliphatic carbocycles. The molecule has 4 aromatic rings. The Morgan fingerprint density at radius 1 is 0.839 bits per heavy atom. The second kappa shape index (κ2) is 8.31. The van der Waals surface area contributed by atoms with E-state index < -0.39 is 17.4 Å². The molecule has 0 atom stereocenters. The van der Waals surface area contributed by atoms with Gasteiger partial charge >= 0.3 is 11.6 Å². The fourth-order valence-corrected chi connectivity index (χ4v) is 3.12. The van der Waals surface area contributed by atoms with Crippen molar-refractivity contribution in [2.45, 2.75) is 0 Å². The summed E-state index contributed by atoms with van der Waals surface area (Å²) < 4.78 is 34.4. The molecule has 31 heavy (non-hydrogen) atoms. The van der Waals surface area contributed by atoms with Crippen molar-refractivity contribution in [3.05, 3.63) is 88.5 Å². The van der Waals surface area contributed by atoms with Crippen molar-refractivity contribution in [1.29, 1.82) is 0 Å². The number of ether oxygens (including phenoxy) is 3. The number of rotatable bonds is 5. The van der Waals surface area contributed by atoms with E-state index in [1.54, 1.807) is 36.4 Å². The number of esters is 1. The quantitative estimate of drug-likeness (QED) is 0.261. The van der Waals surface area contributed by atoms with E-state index in [1.165, 1.54) is 44.6 Å². The van der Waals surface area contributed by atoms with Crippen LogP contribution in [-0.2, 0) is 0 Å². The molecule has 0 bridgehead atoms. The van der Waals surface area contributed by atoms with Gasteiger partial charge in [-0.1, -0.05) is 0 Å². The number of methoxy groups -OCH3 is 2. The summed E-state index contributed by atoms with van der Waals surface area (Å²) in [6.45, 7) is 0. The van der Waals surface area contributed by atoms with Gasteiger partial charge in [0.2, 0.25) is 0 Å². The maximum Gasteiger partial charge on any atom is 0.344 e. The normalized spacial score (nSPS) is 10.7. The molecule has 0 aliphatic heterocycles. The summed E-state index contributed by atoms with van der Waals surface area (Å²) in [6.07, 6.45) is 0. The van der Waals surface area contributed by atoms with Gasteiger partial charge in [-0.25, -0.2) is 14.0 Å². The topological polar surface area (TPSA) is 75.0 Å². The first-order valence-corrected chi connectivity index (χ1v) is 9.26. The van der Waals surface area contributed by atoms with E-state index in [-0.39, 0.29) is 16.9 Å². The largest absolute Gasteiger partial charge is 0.497 e. The van der Waals surface area contributed by atoms with Gasteiger partial charge in [-0.15, -0.1) is 0 Å². The van der Waals surface area contributed by atoms with Crippen LogP contribution in [0.2, 0.25) is 0 Å². The van der Waals surface area contributed by atoms with Crippen molar-refractivity contribution < 1.29 is 27.8 Å². The molecule has 4 rings (SSSR count). The zero-order valence-electron chi connectivity index (χ0n) is 16.7. The van der Waals surface area contributed by atoms with Crippen LogP contribution in [0, 0.1) is 5.82 Å². The van der Waals surface area contributed by atoms with E-state index in [0.717, 1.165) is 0 Å². The second-order valence-corrected chi connectivity index (χ2v) is 6.61. The van der Waals surface area contributed by atoms with Gasteiger partial charge in [-0.3, -0.25) is 0 Å². The molecule has 0 spiro atoms. The highest BCUT2D eigenvalue weighted by Gasteiger charge is 2.15. The Morgan fingerprint density at radius 3 is 2.29 bits per heavy atom. The Labute approximate surface area is 176 Å². The van der Waals surface area contributed by atoms with Crippen LogP contribution in [-0.4, -0.2) is 20.2 Å². The number of fused-ring (bicyclic) bond motifs is 1. The van der Waals surface area contributed by atoms with Gasteiger partial charge in [0.15, 0.2) is 0 Å². The Balaban J connectivity index is 1.69. The lowest BCUT2D eigenvalue weighted by molar-refractivity contribution is 0.0735. The molecule has 6 nitrogen and oxygen atoms in total. The lowest BCUT2D eigenvalue weighted by atomic mass is 10.0. The first-order chi connectivity index (χ1) is 15.0. The second-order valence-electron chi connectivity index (χ2n) is 6.61. The van der Waals surface area contributed by atoms with Crippen molar-refractivity contribution in [2.75, 3.05) is 14.2 Å². The van der Waals surface area contributed by atoms with Crippen LogP contribution in [0.5, 0.6) is 17.2 Å². The molecular formula is C24H17FO6. The first-order valence-electron chi connectivity index (χ1n) is 9.26. The van der Waals surface area contributed by atoms with Crippen molar-refractivity contribution in [3.63, 3.8) is 0 Å². The van der Waals surface area contributed by atoms with E-state index in [2.05, 4.69) is 0 Å². The lowest BCUT2D eigenvalue weighted by Gasteiger charge is -2.11. The van der Waals surface area contributed by atoms with Crippen molar-refractivity contribution in [1.82, 2.24) is 0 Å². The first kappa shape index (κ1) is 20.2. The Bertz CT molecular complexity index is 1320. The molecule has 156 valence electrons. The third-order valence-corrected chi connectivity index (χ3v) is 4.69. The zero-order valence-corrected chi connectivity index (χ0v) is 16.7. The summed E-state index contributed by atoms with van der Waals surface area (Å²) in [5.74, 6) is 0.152. The average molecular weight is 420 g/mol. The smallest absolute Gasteiger partial charge is 0.344 e. The maximum atomic E-state index is 13.0. The molecule has 1 aromatic heterocycles. The molecule has 0 amide bonds. The summed E-state index contributed by atoms with van der Waals surface area (Å²) in [5, 5.41) is 0.626. The molecule has 0 aliphatic rings. The molecule has 0 fully saturated rings. The van der Waals surface area contributed by atoms with Crippen molar-refractivity contribution >= 4 is 16.9 Å². The predicted molar refractivity (Wildman–Crippen MR) is 112 cm³/mol. The Kier molecular flexibility index (Phi) is 5.41. The van der Waals surface area contributed by atoms with Crippen LogP contribution in [0.1, 0.15) is 10.4 Å². The Hall–Kier alpha value is -4.13. The average Bonchev–Trinajstić information content (AvgIpc) is 2.78. The number of carbonyl (C=O) groups excluding carboxylic acids is 1. The van der Waals surface area contributed by atoms with Crippen molar-refractivity contribution in [2.24, 2.45) is 0 Å². The van der Waals surface area contributed by atoms with Gasteiger partial charge in [0.05, 0.1) is 25.3 Å². The predicted octanol–water partition coefficient (Wildman–Crippen LogP) is 4.84. The van der Waals surface area contributed by atoms with Crippen LogP contribution < -0.4 is 19.8 Å². The highest BCUT2D eigenvalue weighted by atomic mass is 19.1. The standard InChI is InChI=1S/C24H17FO6/c1-28-17-9-10-21(29-2)19(12-17)20-11-15-5-8-18(13-22(15)31-24(20)27)30-23(26)14-3-6-16(25)7-4-14/h3-13H,1-2H3. The SMILES string of the molecule is COc1ccc(OC)c(-c2cc3ccc(OC(=O)c4ccc(F)cc4)cc3oc2=O)c1. The van der Waals surface area contributed by atoms with Gasteiger partial charge in [-0.2, -0.15) is 0 Å². The number of hydrogen-bond acceptors (Lipinski definition) is 6. The molecule has 0 unspecified atom stereocenters. The monoisotopic (exact) mass is 420 g/mol. The lowest BCUT2D eigenvalue weighted by Crippen LogP contribution is -2.08. The molecular weight excluding hydrogens is 403 g/mol. The Morgan fingerprint density at radius 2 is 1.58 bits per heavy atom. The van der Waals surface area contributed by atoms with Gasteiger partial charge in [-0.05, 0) is 60.7 Å². The minimum Gasteiger partial charge on any atom is -0.497 e. The maximum absolute atomic E-state index is 13.0. The number of hydrogen-bond donors (Lipinski definition) is 0. The van der Waals surface area contributed by atoms with Crippen LogP contribution >= 0.6 is 0 Å². The van der Waals surface area contributed by atoms with Crippen LogP contribution in [0.4, 0.5) is 4.39 Å². The summed E-state index contributed by atoms with van der Waals surface area (Å²) in [6, 6.07) is 16.5. The fourth-order valence-electron chi connectivity index (χ4n) is 3.12. The number of halogens is 1. The van der Waals surface area contributed by atoms with E-state index >= 15 is 0 Å². The van der Waals surface area contributed by atoms with Crippen LogP contribution in [0.25, 0.3) is 22.1 Å². The number of carbonyl (C=O) groups is 1. The highest BCUT2D eigenvalue weighted by Crippen LogP contribution is 2.33. The molecule has 0 saturated heterocycles. The minimum absolute atomic E-state index is 0.191. The summed E-state index contributed by atoms with van der Waals surface area (Å²) >= 11 is 0. The van der Waals surface area contributed by atoms with Gasteiger partial charge in [0.25, 0.3) is 0 Å². The molecule has 7 heteroatoms. The molecule has 0 radical (unpaired) electrons. The van der Waals surface area contributed by atoms with E-state index in [0.29, 0.717) is 28.0 Å². The van der Waals surface area contributed by atoms with Crippen LogP contribution in [0.3, 0.4) is 0 Å². The van der Waals surface area contributed by atoms with E-state index in [1.807, 2.05) is 0 Å². The highest BCUT2D eigenvalue weighted by molar-refractivity contribution is 5.92. The van der Waals surface area contributed by atoms with Gasteiger partial charge in [0.1, 0.15) is 28.6 Å². The molecule has 1 heterocycles. The van der Waals surface area contributed by atoms with Crippen molar-refractivity contribution in [3.8, 4) is 28.4 Å². The molecule has 0 saturated carbocycles. The summed E-state index contributed by atoms with van der Waals surface area (Å²) in [5.41, 5.74) is 0.702. The van der Waals surface area contributed by atoms with E-state index in [9.17, 15) is 14.0 Å². The number of benzene rings is 3.